The zero-order chi connectivity index (χ0) is 16.5. The fourth-order valence-electron chi connectivity index (χ4n) is 1.84. The van der Waals surface area contributed by atoms with Crippen LogP contribution in [0.15, 0.2) is 30.3 Å². The fourth-order valence-corrected chi connectivity index (χ4v) is 1.84. The molecule has 2 rings (SSSR count). The van der Waals surface area contributed by atoms with Crippen LogP contribution in [0, 0.1) is 6.92 Å². The zero-order valence-electron chi connectivity index (χ0n) is 12.4. The maximum atomic E-state index is 12.8. The molecule has 5 nitrogen and oxygen atoms in total. The maximum absolute atomic E-state index is 12.8. The smallest absolute Gasteiger partial charge is 0.320 e. The summed E-state index contributed by atoms with van der Waals surface area (Å²) in [7, 11) is 0. The summed E-state index contributed by atoms with van der Waals surface area (Å²) in [5.74, 6) is -0.188. The summed E-state index contributed by atoms with van der Waals surface area (Å²) in [5.41, 5.74) is 5.43. The molecule has 0 saturated carbocycles. The molecule has 0 aliphatic rings. The first kappa shape index (κ1) is 19.0. The van der Waals surface area contributed by atoms with Gasteiger partial charge in [0.2, 0.25) is 5.91 Å². The first-order valence-corrected chi connectivity index (χ1v) is 6.49. The Morgan fingerprint density at radius 3 is 2.57 bits per heavy atom. The Balaban J connectivity index is 0.00000264. The van der Waals surface area contributed by atoms with Gasteiger partial charge in [0.1, 0.15) is 5.82 Å². The number of halogens is 4. The van der Waals surface area contributed by atoms with Gasteiger partial charge in [0.25, 0.3) is 0 Å². The highest BCUT2D eigenvalue weighted by Gasteiger charge is 2.30. The molecule has 0 bridgehead atoms. The summed E-state index contributed by atoms with van der Waals surface area (Å²) < 4.78 is 39.6. The Labute approximate surface area is 137 Å². The molecule has 3 N–H and O–H groups in total. The van der Waals surface area contributed by atoms with E-state index in [1.54, 1.807) is 13.0 Å². The molecule has 2 aromatic rings. The van der Waals surface area contributed by atoms with Gasteiger partial charge in [-0.1, -0.05) is 6.07 Å². The van der Waals surface area contributed by atoms with Crippen molar-refractivity contribution in [2.45, 2.75) is 26.1 Å². The number of aromatic nitrogens is 2. The standard InChI is InChI=1S/C14H15F3N4O.ClH/c1-8-6-12(19-13(22)9(2)18)21(20-8)11-5-3-4-10(7-11)14(15,16)17;/h3-7,9H,18H2,1-2H3,(H,19,22);1H/t9-;/m0./s1. The van der Waals surface area contributed by atoms with Crippen LogP contribution in [-0.2, 0) is 11.0 Å². The molecule has 0 fully saturated rings. The summed E-state index contributed by atoms with van der Waals surface area (Å²) >= 11 is 0. The minimum Gasteiger partial charge on any atom is -0.320 e. The van der Waals surface area contributed by atoms with Gasteiger partial charge in [-0.25, -0.2) is 4.68 Å². The number of hydrogen-bond donors (Lipinski definition) is 2. The Kier molecular flexibility index (Phi) is 5.79. The monoisotopic (exact) mass is 348 g/mol. The van der Waals surface area contributed by atoms with E-state index in [1.165, 1.54) is 23.7 Å². The van der Waals surface area contributed by atoms with Crippen molar-refractivity contribution in [2.75, 3.05) is 5.32 Å². The zero-order valence-corrected chi connectivity index (χ0v) is 13.2. The summed E-state index contributed by atoms with van der Waals surface area (Å²) in [6.07, 6.45) is -4.45. The van der Waals surface area contributed by atoms with Crippen molar-refractivity contribution < 1.29 is 18.0 Å². The number of hydrogen-bond acceptors (Lipinski definition) is 3. The van der Waals surface area contributed by atoms with E-state index in [4.69, 9.17) is 5.73 Å². The molecule has 23 heavy (non-hydrogen) atoms. The van der Waals surface area contributed by atoms with E-state index < -0.39 is 23.7 Å². The molecule has 1 amide bonds. The van der Waals surface area contributed by atoms with Crippen molar-refractivity contribution in [1.29, 1.82) is 0 Å². The highest BCUT2D eigenvalue weighted by Crippen LogP contribution is 2.30. The first-order chi connectivity index (χ1) is 10.2. The third-order valence-electron chi connectivity index (χ3n) is 2.91. The number of nitrogens with zero attached hydrogens (tertiary/aromatic N) is 2. The predicted octanol–water partition coefficient (Wildman–Crippen LogP) is 2.91. The van der Waals surface area contributed by atoms with Crippen LogP contribution in [0.2, 0.25) is 0 Å². The third-order valence-corrected chi connectivity index (χ3v) is 2.91. The second-order valence-corrected chi connectivity index (χ2v) is 4.91. The number of carbonyl (C=O) groups excluding carboxylic acids is 1. The van der Waals surface area contributed by atoms with Crippen molar-refractivity contribution in [3.8, 4) is 5.69 Å². The van der Waals surface area contributed by atoms with Gasteiger partial charge < -0.3 is 11.1 Å². The molecule has 1 heterocycles. The van der Waals surface area contributed by atoms with Gasteiger partial charge >= 0.3 is 6.18 Å². The number of anilines is 1. The van der Waals surface area contributed by atoms with Crippen molar-refractivity contribution in [2.24, 2.45) is 5.73 Å². The largest absolute Gasteiger partial charge is 0.416 e. The second-order valence-electron chi connectivity index (χ2n) is 4.91. The van der Waals surface area contributed by atoms with E-state index >= 15 is 0 Å². The molecule has 1 aromatic heterocycles. The molecule has 0 aliphatic carbocycles. The third kappa shape index (κ3) is 4.46. The molecule has 0 aliphatic heterocycles. The van der Waals surface area contributed by atoms with E-state index in [9.17, 15) is 18.0 Å². The molecule has 0 saturated heterocycles. The summed E-state index contributed by atoms with van der Waals surface area (Å²) in [4.78, 5) is 11.7. The molecular weight excluding hydrogens is 333 g/mol. The van der Waals surface area contributed by atoms with Crippen LogP contribution in [0.25, 0.3) is 5.69 Å². The number of benzene rings is 1. The van der Waals surface area contributed by atoms with E-state index in [-0.39, 0.29) is 23.9 Å². The lowest BCUT2D eigenvalue weighted by Crippen LogP contribution is -2.33. The van der Waals surface area contributed by atoms with Crippen molar-refractivity contribution in [3.63, 3.8) is 0 Å². The van der Waals surface area contributed by atoms with Crippen LogP contribution < -0.4 is 11.1 Å². The molecule has 0 spiro atoms. The van der Waals surface area contributed by atoms with Gasteiger partial charge in [-0.15, -0.1) is 12.4 Å². The number of amides is 1. The number of carbonyl (C=O) groups is 1. The highest BCUT2D eigenvalue weighted by atomic mass is 35.5. The summed E-state index contributed by atoms with van der Waals surface area (Å²) in [6.45, 7) is 3.18. The minimum absolute atomic E-state index is 0. The quantitative estimate of drug-likeness (QED) is 0.895. The van der Waals surface area contributed by atoms with Crippen LogP contribution >= 0.6 is 12.4 Å². The Hall–Kier alpha value is -2.06. The second kappa shape index (κ2) is 7.01. The molecule has 0 unspecified atom stereocenters. The number of rotatable bonds is 3. The van der Waals surface area contributed by atoms with Crippen LogP contribution in [0.1, 0.15) is 18.2 Å². The van der Waals surface area contributed by atoms with Gasteiger partial charge in [-0.05, 0) is 32.0 Å². The van der Waals surface area contributed by atoms with E-state index in [2.05, 4.69) is 10.4 Å². The van der Waals surface area contributed by atoms with Crippen molar-refractivity contribution >= 4 is 24.1 Å². The average Bonchev–Trinajstić information content (AvgIpc) is 2.78. The molecule has 1 atom stereocenters. The topological polar surface area (TPSA) is 72.9 Å². The molecular formula is C14H16ClF3N4O. The molecule has 1 aromatic carbocycles. The number of nitrogens with two attached hydrogens (primary N) is 1. The molecule has 0 radical (unpaired) electrons. The lowest BCUT2D eigenvalue weighted by Gasteiger charge is -2.12. The number of nitrogens with one attached hydrogen (secondary N) is 1. The average molecular weight is 349 g/mol. The molecule has 126 valence electrons. The highest BCUT2D eigenvalue weighted by molar-refractivity contribution is 5.93. The fraction of sp³-hybridized carbons (Fsp3) is 0.286. The van der Waals surface area contributed by atoms with Gasteiger partial charge in [0.05, 0.1) is 23.0 Å². The predicted molar refractivity (Wildman–Crippen MR) is 82.8 cm³/mol. The first-order valence-electron chi connectivity index (χ1n) is 6.49. The van der Waals surface area contributed by atoms with Crippen LogP contribution in [0.5, 0.6) is 0 Å². The minimum atomic E-state index is -4.45. The lowest BCUT2D eigenvalue weighted by molar-refractivity contribution is -0.137. The van der Waals surface area contributed by atoms with Crippen LogP contribution in [-0.4, -0.2) is 21.7 Å². The van der Waals surface area contributed by atoms with Crippen molar-refractivity contribution in [1.82, 2.24) is 9.78 Å². The van der Waals surface area contributed by atoms with Gasteiger partial charge in [0, 0.05) is 6.07 Å². The number of aryl methyl sites for hydroxylation is 1. The Morgan fingerprint density at radius 2 is 2.00 bits per heavy atom. The summed E-state index contributed by atoms with van der Waals surface area (Å²) in [6, 6.07) is 5.51. The van der Waals surface area contributed by atoms with Gasteiger partial charge in [-0.2, -0.15) is 18.3 Å². The van der Waals surface area contributed by atoms with E-state index in [1.807, 2.05) is 0 Å². The molecule has 9 heteroatoms. The SMILES string of the molecule is Cc1cc(NC(=O)[C@H](C)N)n(-c2cccc(C(F)(F)F)c2)n1.Cl. The number of alkyl halides is 3. The van der Waals surface area contributed by atoms with Crippen LogP contribution in [0.4, 0.5) is 19.0 Å². The van der Waals surface area contributed by atoms with E-state index in [0.717, 1.165) is 12.1 Å². The van der Waals surface area contributed by atoms with E-state index in [0.29, 0.717) is 5.69 Å². The van der Waals surface area contributed by atoms with Gasteiger partial charge in [-0.3, -0.25) is 4.79 Å². The Morgan fingerprint density at radius 1 is 1.35 bits per heavy atom. The van der Waals surface area contributed by atoms with Crippen molar-refractivity contribution in [3.05, 3.63) is 41.6 Å². The normalized spacial score (nSPS) is 12.4. The summed E-state index contributed by atoms with van der Waals surface area (Å²) in [5, 5.41) is 6.65. The Bertz CT molecular complexity index is 698. The van der Waals surface area contributed by atoms with Gasteiger partial charge in [0.15, 0.2) is 0 Å². The van der Waals surface area contributed by atoms with Crippen LogP contribution in [0.3, 0.4) is 0 Å². The lowest BCUT2D eigenvalue weighted by atomic mass is 10.2. The maximum Gasteiger partial charge on any atom is 0.416 e.